The van der Waals surface area contributed by atoms with Crippen LogP contribution in [0, 0.1) is 17.0 Å². The van der Waals surface area contributed by atoms with E-state index in [2.05, 4.69) is 10.1 Å². The van der Waals surface area contributed by atoms with Crippen molar-refractivity contribution in [1.82, 2.24) is 10.1 Å². The Balaban J connectivity index is 2.17. The number of likely N-dealkylation sites (tertiary alicyclic amines) is 1. The van der Waals surface area contributed by atoms with Gasteiger partial charge in [0.15, 0.2) is 5.69 Å². The Morgan fingerprint density at radius 2 is 2.19 bits per heavy atom. The van der Waals surface area contributed by atoms with E-state index in [1.165, 1.54) is 12.8 Å². The minimum atomic E-state index is -0.463. The highest BCUT2D eigenvalue weighted by Gasteiger charge is 2.22. The summed E-state index contributed by atoms with van der Waals surface area (Å²) in [7, 11) is 0. The molecule has 1 aromatic rings. The van der Waals surface area contributed by atoms with Crippen LogP contribution in [-0.4, -0.2) is 28.1 Å². The van der Waals surface area contributed by atoms with Gasteiger partial charge in [-0.2, -0.15) is 0 Å². The molecule has 1 saturated heterocycles. The van der Waals surface area contributed by atoms with Gasteiger partial charge >= 0.3 is 5.69 Å². The third-order valence-corrected chi connectivity index (χ3v) is 2.62. The maximum Gasteiger partial charge on any atom is 0.338 e. The van der Waals surface area contributed by atoms with Crippen LogP contribution in [0.15, 0.2) is 10.7 Å². The van der Waals surface area contributed by atoms with Crippen molar-refractivity contribution in [3.05, 3.63) is 27.8 Å². The summed E-state index contributed by atoms with van der Waals surface area (Å²) in [5, 5.41) is 14.4. The molecular formula is C10H13N3O3. The number of nitro groups is 1. The quantitative estimate of drug-likeness (QED) is 0.578. The summed E-state index contributed by atoms with van der Waals surface area (Å²) in [6.45, 7) is 3.56. The zero-order valence-electron chi connectivity index (χ0n) is 9.05. The average molecular weight is 223 g/mol. The number of hydrogen-bond acceptors (Lipinski definition) is 5. The molecule has 2 rings (SSSR count). The molecule has 1 aromatic heterocycles. The van der Waals surface area contributed by atoms with Crippen LogP contribution in [0.3, 0.4) is 0 Å². The smallest absolute Gasteiger partial charge is 0.338 e. The zero-order chi connectivity index (χ0) is 11.5. The molecule has 0 N–H and O–H groups in total. The Bertz CT molecular complexity index is 419. The Kier molecular flexibility index (Phi) is 2.89. The minimum Gasteiger partial charge on any atom is -0.377 e. The van der Waals surface area contributed by atoms with Gasteiger partial charge in [-0.3, -0.25) is 10.1 Å². The number of hydrogen-bond donors (Lipinski definition) is 0. The molecule has 6 nitrogen and oxygen atoms in total. The van der Waals surface area contributed by atoms with Gasteiger partial charge in [0, 0.05) is 25.4 Å². The molecule has 16 heavy (non-hydrogen) atoms. The van der Waals surface area contributed by atoms with Crippen molar-refractivity contribution in [3.8, 4) is 0 Å². The maximum atomic E-state index is 10.8. The molecule has 0 unspecified atom stereocenters. The van der Waals surface area contributed by atoms with Crippen LogP contribution in [0.2, 0.25) is 0 Å². The monoisotopic (exact) mass is 223 g/mol. The Morgan fingerprint density at radius 3 is 2.81 bits per heavy atom. The van der Waals surface area contributed by atoms with Gasteiger partial charge in [0.1, 0.15) is 0 Å². The molecule has 86 valence electrons. The molecule has 0 radical (unpaired) electrons. The molecule has 0 aromatic carbocycles. The maximum absolute atomic E-state index is 10.8. The van der Waals surface area contributed by atoms with Gasteiger partial charge in [-0.15, -0.1) is 0 Å². The van der Waals surface area contributed by atoms with Gasteiger partial charge in [0.05, 0.1) is 4.92 Å². The number of aryl methyl sites for hydroxylation is 1. The molecule has 1 aliphatic rings. The standard InChI is InChI=1S/C10H13N3O3/c1-8-10(13(14)15)9(16-11-8)4-7-12-5-2-3-6-12/h4,7H,2-3,5-6H2,1H3/b7-4+. The molecule has 1 aliphatic heterocycles. The lowest BCUT2D eigenvalue weighted by Crippen LogP contribution is -2.09. The second-order valence-electron chi connectivity index (χ2n) is 3.80. The van der Waals surface area contributed by atoms with Gasteiger partial charge in [-0.05, 0) is 19.8 Å². The van der Waals surface area contributed by atoms with E-state index in [-0.39, 0.29) is 11.4 Å². The first kappa shape index (κ1) is 10.7. The van der Waals surface area contributed by atoms with Crippen LogP contribution in [-0.2, 0) is 0 Å². The summed E-state index contributed by atoms with van der Waals surface area (Å²) >= 11 is 0. The lowest BCUT2D eigenvalue weighted by molar-refractivity contribution is -0.386. The molecule has 0 saturated carbocycles. The van der Waals surface area contributed by atoms with E-state index in [1.807, 2.05) is 6.20 Å². The highest BCUT2D eigenvalue weighted by molar-refractivity contribution is 5.56. The highest BCUT2D eigenvalue weighted by atomic mass is 16.6. The summed E-state index contributed by atoms with van der Waals surface area (Å²) in [6, 6.07) is 0. The third kappa shape index (κ3) is 2.05. The summed E-state index contributed by atoms with van der Waals surface area (Å²) in [4.78, 5) is 12.4. The Labute approximate surface area is 92.7 Å². The summed E-state index contributed by atoms with van der Waals surface area (Å²) < 4.78 is 4.91. The SMILES string of the molecule is Cc1noc(/C=C/N2CCCC2)c1[N+](=O)[O-]. The summed E-state index contributed by atoms with van der Waals surface area (Å²) in [5.74, 6) is 0.217. The first-order valence-electron chi connectivity index (χ1n) is 5.21. The first-order chi connectivity index (χ1) is 7.68. The van der Waals surface area contributed by atoms with Crippen molar-refractivity contribution in [1.29, 1.82) is 0 Å². The van der Waals surface area contributed by atoms with Crippen LogP contribution in [0.25, 0.3) is 6.08 Å². The minimum absolute atomic E-state index is 0.0459. The first-order valence-corrected chi connectivity index (χ1v) is 5.21. The number of nitrogens with zero attached hydrogens (tertiary/aromatic N) is 3. The molecule has 0 bridgehead atoms. The van der Waals surface area contributed by atoms with Gasteiger partial charge in [0.25, 0.3) is 0 Å². The van der Waals surface area contributed by atoms with Crippen molar-refractivity contribution < 1.29 is 9.45 Å². The predicted octanol–water partition coefficient (Wildman–Crippen LogP) is 1.96. The number of rotatable bonds is 3. The fraction of sp³-hybridized carbons (Fsp3) is 0.500. The van der Waals surface area contributed by atoms with E-state index in [4.69, 9.17) is 4.52 Å². The largest absolute Gasteiger partial charge is 0.377 e. The Hall–Kier alpha value is -1.85. The molecule has 0 aliphatic carbocycles. The summed E-state index contributed by atoms with van der Waals surface area (Å²) in [5.41, 5.74) is 0.265. The molecule has 6 heteroatoms. The van der Waals surface area contributed by atoms with E-state index < -0.39 is 4.92 Å². The lowest BCUT2D eigenvalue weighted by Gasteiger charge is -2.08. The van der Waals surface area contributed by atoms with Crippen LogP contribution < -0.4 is 0 Å². The van der Waals surface area contributed by atoms with Crippen LogP contribution in [0.5, 0.6) is 0 Å². The van der Waals surface area contributed by atoms with E-state index in [1.54, 1.807) is 13.0 Å². The molecule has 0 atom stereocenters. The van der Waals surface area contributed by atoms with E-state index in [0.717, 1.165) is 13.1 Å². The molecule has 1 fully saturated rings. The predicted molar refractivity (Wildman–Crippen MR) is 57.7 cm³/mol. The van der Waals surface area contributed by atoms with E-state index >= 15 is 0 Å². The Morgan fingerprint density at radius 1 is 1.50 bits per heavy atom. The second kappa shape index (κ2) is 4.34. The molecule has 2 heterocycles. The van der Waals surface area contributed by atoms with Gasteiger partial charge in [-0.25, -0.2) is 0 Å². The van der Waals surface area contributed by atoms with Crippen molar-refractivity contribution in [2.24, 2.45) is 0 Å². The fourth-order valence-electron chi connectivity index (χ4n) is 1.78. The van der Waals surface area contributed by atoms with E-state index in [0.29, 0.717) is 5.69 Å². The van der Waals surface area contributed by atoms with Crippen LogP contribution in [0.4, 0.5) is 5.69 Å². The third-order valence-electron chi connectivity index (χ3n) is 2.62. The van der Waals surface area contributed by atoms with Crippen molar-refractivity contribution in [2.75, 3.05) is 13.1 Å². The van der Waals surface area contributed by atoms with Crippen molar-refractivity contribution >= 4 is 11.8 Å². The normalized spacial score (nSPS) is 16.2. The van der Waals surface area contributed by atoms with Crippen LogP contribution >= 0.6 is 0 Å². The van der Waals surface area contributed by atoms with E-state index in [9.17, 15) is 10.1 Å². The molecular weight excluding hydrogens is 210 g/mol. The number of aromatic nitrogens is 1. The zero-order valence-corrected chi connectivity index (χ0v) is 9.05. The highest BCUT2D eigenvalue weighted by Crippen LogP contribution is 2.24. The van der Waals surface area contributed by atoms with Gasteiger partial charge in [-0.1, -0.05) is 5.16 Å². The molecule has 0 amide bonds. The molecule has 0 spiro atoms. The van der Waals surface area contributed by atoms with Crippen LogP contribution in [0.1, 0.15) is 24.3 Å². The van der Waals surface area contributed by atoms with Crippen molar-refractivity contribution in [2.45, 2.75) is 19.8 Å². The van der Waals surface area contributed by atoms with Gasteiger partial charge < -0.3 is 9.42 Å². The fourth-order valence-corrected chi connectivity index (χ4v) is 1.78. The average Bonchev–Trinajstić information content (AvgIpc) is 2.83. The van der Waals surface area contributed by atoms with Crippen molar-refractivity contribution in [3.63, 3.8) is 0 Å². The summed E-state index contributed by atoms with van der Waals surface area (Å²) in [6.07, 6.45) is 5.78. The second-order valence-corrected chi connectivity index (χ2v) is 3.80. The topological polar surface area (TPSA) is 72.4 Å². The lowest BCUT2D eigenvalue weighted by atomic mass is 10.3. The van der Waals surface area contributed by atoms with Gasteiger partial charge in [0.2, 0.25) is 5.76 Å².